The van der Waals surface area contributed by atoms with Crippen molar-refractivity contribution in [3.05, 3.63) is 72.9 Å². The van der Waals surface area contributed by atoms with Gasteiger partial charge in [-0.15, -0.1) is 0 Å². The van der Waals surface area contributed by atoms with Gasteiger partial charge in [-0.25, -0.2) is 0 Å². The van der Waals surface area contributed by atoms with E-state index in [9.17, 15) is 25.2 Å². The molecule has 6 unspecified atom stereocenters. The number of esters is 1. The number of ether oxygens (including phenoxy) is 1. The summed E-state index contributed by atoms with van der Waals surface area (Å²) in [5.74, 6) is 1.97. The Morgan fingerprint density at radius 3 is 1.18 bits per heavy atom. The van der Waals surface area contributed by atoms with Crippen molar-refractivity contribution in [1.29, 1.82) is 0 Å². The van der Waals surface area contributed by atoms with Gasteiger partial charge in [0.1, 0.15) is 6.61 Å². The van der Waals surface area contributed by atoms with Crippen LogP contribution in [0.4, 0.5) is 0 Å². The topological polar surface area (TPSA) is 120 Å². The number of rotatable bonds is 61. The lowest BCUT2D eigenvalue weighted by atomic mass is 10.0. The number of hydrogen-bond donors (Lipinski definition) is 4. The molecule has 496 valence electrons. The molecule has 12 heteroatoms. The van der Waals surface area contributed by atoms with Gasteiger partial charge in [0.05, 0.1) is 24.4 Å². The third-order valence-corrected chi connectivity index (χ3v) is 19.2. The first-order valence-corrected chi connectivity index (χ1v) is 38.0. The SMILES string of the molecule is CC/C=C\C/C=C\C/C=C\CCCCCCC(O)CN(CC(O)CCCCCC/C=C\C/C=C\C/C=C\CC)C(C)CCSSCCN1CCN(CCOC(=O)CCC(C)N(CC(O)CCCCCCCC)CC(O)CCCCCCCC)CC1. The average Bonchev–Trinajstić information content (AvgIpc) is 3.54. The highest BCUT2D eigenvalue weighted by Crippen LogP contribution is 2.25. The van der Waals surface area contributed by atoms with Crippen molar-refractivity contribution >= 4 is 27.6 Å². The van der Waals surface area contributed by atoms with E-state index in [1.54, 1.807) is 0 Å². The maximum atomic E-state index is 13.0. The Kier molecular flexibility index (Phi) is 58.5. The zero-order valence-electron chi connectivity index (χ0n) is 56.0. The quantitative estimate of drug-likeness (QED) is 0.0201. The van der Waals surface area contributed by atoms with Crippen molar-refractivity contribution < 1.29 is 30.0 Å². The zero-order chi connectivity index (χ0) is 61.9. The predicted molar refractivity (Wildman–Crippen MR) is 374 cm³/mol. The average molecular weight is 1230 g/mol. The number of hydrogen-bond acceptors (Lipinski definition) is 12. The van der Waals surface area contributed by atoms with Crippen LogP contribution in [0.2, 0.25) is 0 Å². The Morgan fingerprint density at radius 1 is 0.424 bits per heavy atom. The van der Waals surface area contributed by atoms with Crippen LogP contribution < -0.4 is 0 Å². The maximum Gasteiger partial charge on any atom is 0.305 e. The molecule has 0 aliphatic carbocycles. The highest BCUT2D eigenvalue weighted by molar-refractivity contribution is 8.76. The summed E-state index contributed by atoms with van der Waals surface area (Å²) in [6.45, 7) is 21.8. The molecule has 1 aliphatic heterocycles. The second kappa shape index (κ2) is 61.2. The van der Waals surface area contributed by atoms with E-state index in [0.717, 1.165) is 186 Å². The third-order valence-electron chi connectivity index (χ3n) is 16.8. The summed E-state index contributed by atoms with van der Waals surface area (Å²) in [6.07, 6.45) is 62.8. The molecule has 1 heterocycles. The Hall–Kier alpha value is -1.71. The van der Waals surface area contributed by atoms with Crippen LogP contribution in [0.15, 0.2) is 72.9 Å². The lowest BCUT2D eigenvalue weighted by Gasteiger charge is -2.34. The summed E-state index contributed by atoms with van der Waals surface area (Å²) in [5, 5.41) is 44.6. The van der Waals surface area contributed by atoms with E-state index >= 15 is 0 Å². The van der Waals surface area contributed by atoms with E-state index in [1.165, 1.54) is 77.0 Å². The number of aliphatic hydroxyl groups is 4. The molecular formula is C73H136N4O6S2. The van der Waals surface area contributed by atoms with Gasteiger partial charge < -0.3 is 25.2 Å². The minimum Gasteiger partial charge on any atom is -0.464 e. The Labute approximate surface area is 533 Å². The van der Waals surface area contributed by atoms with Crippen LogP contribution in [0, 0.1) is 0 Å². The second-order valence-electron chi connectivity index (χ2n) is 24.8. The first-order valence-electron chi connectivity index (χ1n) is 35.5. The van der Waals surface area contributed by atoms with E-state index in [0.29, 0.717) is 45.6 Å². The van der Waals surface area contributed by atoms with Crippen LogP contribution in [-0.2, 0) is 9.53 Å². The fraction of sp³-hybridized carbons (Fsp3) is 0.822. The van der Waals surface area contributed by atoms with Crippen molar-refractivity contribution in [3.63, 3.8) is 0 Å². The molecule has 0 aromatic rings. The predicted octanol–water partition coefficient (Wildman–Crippen LogP) is 17.4. The molecule has 85 heavy (non-hydrogen) atoms. The molecule has 6 atom stereocenters. The summed E-state index contributed by atoms with van der Waals surface area (Å²) < 4.78 is 5.77. The molecule has 0 aromatic carbocycles. The number of nitrogens with zero attached hydrogens (tertiary/aromatic N) is 4. The van der Waals surface area contributed by atoms with E-state index in [2.05, 4.69) is 134 Å². The Balaban J connectivity index is 2.50. The molecule has 1 rings (SSSR count). The summed E-state index contributed by atoms with van der Waals surface area (Å²) in [7, 11) is 3.92. The van der Waals surface area contributed by atoms with E-state index in [-0.39, 0.29) is 30.3 Å². The molecule has 0 radical (unpaired) electrons. The van der Waals surface area contributed by atoms with Gasteiger partial charge in [-0.05, 0) is 117 Å². The molecule has 0 aromatic heterocycles. The lowest BCUT2D eigenvalue weighted by molar-refractivity contribution is -0.144. The largest absolute Gasteiger partial charge is 0.464 e. The fourth-order valence-corrected chi connectivity index (χ4v) is 13.3. The van der Waals surface area contributed by atoms with E-state index in [4.69, 9.17) is 4.74 Å². The summed E-state index contributed by atoms with van der Waals surface area (Å²) in [4.78, 5) is 22.6. The fourth-order valence-electron chi connectivity index (χ4n) is 11.1. The highest BCUT2D eigenvalue weighted by Gasteiger charge is 2.24. The van der Waals surface area contributed by atoms with Gasteiger partial charge in [0.25, 0.3) is 0 Å². The van der Waals surface area contributed by atoms with Crippen LogP contribution >= 0.6 is 21.6 Å². The maximum absolute atomic E-state index is 13.0. The lowest BCUT2D eigenvalue weighted by Crippen LogP contribution is -2.47. The number of piperazine rings is 1. The minimum absolute atomic E-state index is 0.0643. The van der Waals surface area contributed by atoms with Crippen molar-refractivity contribution in [2.75, 3.05) is 83.6 Å². The monoisotopic (exact) mass is 1230 g/mol. The molecular weight excluding hydrogens is 1090 g/mol. The molecule has 0 amide bonds. The van der Waals surface area contributed by atoms with Gasteiger partial charge in [-0.2, -0.15) is 0 Å². The van der Waals surface area contributed by atoms with Gasteiger partial charge in [0.2, 0.25) is 0 Å². The molecule has 0 spiro atoms. The second-order valence-corrected chi connectivity index (χ2v) is 27.5. The van der Waals surface area contributed by atoms with E-state index in [1.807, 2.05) is 21.6 Å². The van der Waals surface area contributed by atoms with Crippen molar-refractivity contribution in [2.45, 2.75) is 303 Å². The van der Waals surface area contributed by atoms with Gasteiger partial charge in [-0.3, -0.25) is 24.4 Å². The third kappa shape index (κ3) is 52.7. The van der Waals surface area contributed by atoms with Gasteiger partial charge in [0.15, 0.2) is 0 Å². The molecule has 0 bridgehead atoms. The number of allylic oxidation sites excluding steroid dienone is 12. The number of aliphatic hydroxyl groups excluding tert-OH is 4. The van der Waals surface area contributed by atoms with Crippen molar-refractivity contribution in [2.24, 2.45) is 0 Å². The summed E-state index contributed by atoms with van der Waals surface area (Å²) in [6, 6.07) is 0.353. The van der Waals surface area contributed by atoms with Crippen LogP contribution in [0.3, 0.4) is 0 Å². The molecule has 1 aliphatic rings. The first-order chi connectivity index (χ1) is 41.5. The summed E-state index contributed by atoms with van der Waals surface area (Å²) in [5.41, 5.74) is 0. The normalized spacial score (nSPS) is 16.3. The van der Waals surface area contributed by atoms with Crippen LogP contribution in [0.25, 0.3) is 0 Å². The molecule has 4 N–H and O–H groups in total. The van der Waals surface area contributed by atoms with Crippen LogP contribution in [0.5, 0.6) is 0 Å². The number of carbonyl (C=O) groups excluding carboxylic acids is 1. The van der Waals surface area contributed by atoms with Crippen molar-refractivity contribution in [3.8, 4) is 0 Å². The van der Waals surface area contributed by atoms with Crippen LogP contribution in [0.1, 0.15) is 266 Å². The molecule has 1 fully saturated rings. The Morgan fingerprint density at radius 2 is 0.765 bits per heavy atom. The first kappa shape index (κ1) is 81.3. The zero-order valence-corrected chi connectivity index (χ0v) is 57.7. The minimum atomic E-state index is -0.425. The molecule has 1 saturated heterocycles. The molecule has 10 nitrogen and oxygen atoms in total. The Bertz CT molecular complexity index is 1560. The number of carbonyl (C=O) groups is 1. The summed E-state index contributed by atoms with van der Waals surface area (Å²) >= 11 is 0. The standard InChI is InChI=1S/C73H136N4O6S2/c1-7-11-15-19-23-25-27-29-31-33-35-37-41-45-49-71(80)65-77(66-72(81)50-46-42-38-36-34-32-30-28-26-24-20-16-12-8-2)68(6)53-61-84-85-62-59-75-56-54-74(55-57-75)58-60-83-73(82)52-51-67(5)76(63-69(78)47-43-39-21-17-13-9-3)64-70(79)48-44-40-22-18-14-10-4/h11-12,15-16,23-26,29-32,67-72,78-81H,7-10,13-14,17-22,27-28,33-66H2,1-6H3/b15-11-,16-12-,25-23-,26-24-,31-29-,32-30-. The van der Waals surface area contributed by atoms with E-state index < -0.39 is 12.2 Å². The highest BCUT2D eigenvalue weighted by atomic mass is 33.1. The van der Waals surface area contributed by atoms with Crippen molar-refractivity contribution in [1.82, 2.24) is 19.6 Å². The van der Waals surface area contributed by atoms with Crippen LogP contribution in [-0.4, -0.2) is 166 Å². The van der Waals surface area contributed by atoms with Gasteiger partial charge in [-0.1, -0.05) is 238 Å². The molecule has 0 saturated carbocycles. The number of unbranched alkanes of at least 4 members (excludes halogenated alkanes) is 18. The smallest absolute Gasteiger partial charge is 0.305 e. The van der Waals surface area contributed by atoms with Gasteiger partial charge in [0, 0.05) is 95.5 Å². The van der Waals surface area contributed by atoms with Gasteiger partial charge >= 0.3 is 5.97 Å².